The zero-order valence-electron chi connectivity index (χ0n) is 17.0. The molecule has 1 aliphatic heterocycles. The van der Waals surface area contributed by atoms with Crippen LogP contribution in [-0.4, -0.2) is 39.1 Å². The van der Waals surface area contributed by atoms with Gasteiger partial charge in [0.05, 0.1) is 12.0 Å². The molecule has 1 aliphatic rings. The van der Waals surface area contributed by atoms with Crippen LogP contribution in [0.4, 0.5) is 5.82 Å². The third-order valence-electron chi connectivity index (χ3n) is 5.40. The Morgan fingerprint density at radius 2 is 2.17 bits per heavy atom. The highest BCUT2D eigenvalue weighted by Crippen LogP contribution is 2.29. The van der Waals surface area contributed by atoms with Gasteiger partial charge in [-0.15, -0.1) is 10.2 Å². The highest BCUT2D eigenvalue weighted by atomic mass is 35.5. The number of hydrogen-bond acceptors (Lipinski definition) is 6. The fraction of sp³-hybridized carbons (Fsp3) is 0.364. The van der Waals surface area contributed by atoms with E-state index in [1.165, 1.54) is 0 Å². The molecule has 3 aromatic rings. The van der Waals surface area contributed by atoms with Crippen molar-refractivity contribution in [3.05, 3.63) is 59.1 Å². The summed E-state index contributed by atoms with van der Waals surface area (Å²) in [7, 11) is 0. The Balaban J connectivity index is 1.41. The Morgan fingerprint density at radius 1 is 1.30 bits per heavy atom. The van der Waals surface area contributed by atoms with E-state index in [-0.39, 0.29) is 17.9 Å². The van der Waals surface area contributed by atoms with Crippen molar-refractivity contribution in [3.8, 4) is 11.5 Å². The van der Waals surface area contributed by atoms with Gasteiger partial charge in [0.1, 0.15) is 5.82 Å². The topological polar surface area (TPSA) is 84.2 Å². The van der Waals surface area contributed by atoms with E-state index < -0.39 is 0 Å². The second-order valence-electron chi connectivity index (χ2n) is 7.68. The molecule has 4 rings (SSSR count). The Hall–Kier alpha value is -2.77. The maximum Gasteiger partial charge on any atom is 0.247 e. The molecule has 0 spiro atoms. The zero-order valence-corrected chi connectivity index (χ0v) is 17.8. The lowest BCUT2D eigenvalue weighted by Gasteiger charge is -2.34. The summed E-state index contributed by atoms with van der Waals surface area (Å²) < 4.78 is 5.91. The summed E-state index contributed by atoms with van der Waals surface area (Å²) in [6, 6.07) is 11.0. The SMILES string of the molecule is Cc1ccc(NC(=O)[C@@H]2CCCN([C@@H](C)c3nnc(-c4cccc(Cl)c4)o3)C2)nc1. The molecule has 0 aliphatic carbocycles. The first kappa shape index (κ1) is 20.5. The number of anilines is 1. The zero-order chi connectivity index (χ0) is 21.1. The van der Waals surface area contributed by atoms with Gasteiger partial charge in [0.25, 0.3) is 0 Å². The number of rotatable bonds is 5. The first-order chi connectivity index (χ1) is 14.5. The number of nitrogens with one attached hydrogen (secondary N) is 1. The van der Waals surface area contributed by atoms with Crippen molar-refractivity contribution in [2.24, 2.45) is 5.92 Å². The van der Waals surface area contributed by atoms with Crippen LogP contribution in [0.15, 0.2) is 47.0 Å². The molecule has 2 atom stereocenters. The van der Waals surface area contributed by atoms with Gasteiger partial charge >= 0.3 is 0 Å². The Morgan fingerprint density at radius 3 is 2.93 bits per heavy atom. The van der Waals surface area contributed by atoms with Gasteiger partial charge in [0.2, 0.25) is 17.7 Å². The van der Waals surface area contributed by atoms with Crippen LogP contribution >= 0.6 is 11.6 Å². The normalized spacial score (nSPS) is 18.2. The maximum absolute atomic E-state index is 12.7. The van der Waals surface area contributed by atoms with Crippen molar-refractivity contribution in [2.75, 3.05) is 18.4 Å². The first-order valence-electron chi connectivity index (χ1n) is 10.1. The van der Waals surface area contributed by atoms with Gasteiger partial charge in [-0.3, -0.25) is 9.69 Å². The first-order valence-corrected chi connectivity index (χ1v) is 10.4. The molecular formula is C22H24ClN5O2. The van der Waals surface area contributed by atoms with E-state index >= 15 is 0 Å². The predicted octanol–water partition coefficient (Wildman–Crippen LogP) is 4.51. The van der Waals surface area contributed by atoms with E-state index in [1.807, 2.05) is 38.1 Å². The number of aromatic nitrogens is 3. The van der Waals surface area contributed by atoms with Gasteiger partial charge in [-0.05, 0) is 63.1 Å². The number of piperidine rings is 1. The molecular weight excluding hydrogens is 402 g/mol. The molecule has 1 N–H and O–H groups in total. The summed E-state index contributed by atoms with van der Waals surface area (Å²) in [6.07, 6.45) is 3.52. The van der Waals surface area contributed by atoms with Crippen LogP contribution in [0.25, 0.3) is 11.5 Å². The Kier molecular flexibility index (Phi) is 6.11. The quantitative estimate of drug-likeness (QED) is 0.647. The van der Waals surface area contributed by atoms with Crippen molar-refractivity contribution in [1.82, 2.24) is 20.1 Å². The lowest BCUT2D eigenvalue weighted by molar-refractivity contribution is -0.121. The van der Waals surface area contributed by atoms with E-state index in [1.54, 1.807) is 18.3 Å². The highest BCUT2D eigenvalue weighted by molar-refractivity contribution is 6.30. The van der Waals surface area contributed by atoms with Crippen LogP contribution < -0.4 is 5.32 Å². The standard InChI is InChI=1S/C22H24ClN5O2/c1-14-8-9-19(24-12-14)25-20(29)17-6-4-10-28(13-17)15(2)21-26-27-22(30-21)16-5-3-7-18(23)11-16/h3,5,7-9,11-12,15,17H,4,6,10,13H2,1-2H3,(H,24,25,29)/t15-,17+/m0/s1. The van der Waals surface area contributed by atoms with E-state index in [2.05, 4.69) is 25.4 Å². The molecule has 0 bridgehead atoms. The van der Waals surface area contributed by atoms with Gasteiger partial charge in [-0.1, -0.05) is 23.7 Å². The van der Waals surface area contributed by atoms with Crippen LogP contribution in [0.3, 0.4) is 0 Å². The summed E-state index contributed by atoms with van der Waals surface area (Å²) in [5, 5.41) is 11.9. The molecule has 30 heavy (non-hydrogen) atoms. The fourth-order valence-corrected chi connectivity index (χ4v) is 3.83. The molecule has 1 fully saturated rings. The third-order valence-corrected chi connectivity index (χ3v) is 5.64. The highest BCUT2D eigenvalue weighted by Gasteiger charge is 2.31. The van der Waals surface area contributed by atoms with Gasteiger partial charge < -0.3 is 9.73 Å². The number of carbonyl (C=O) groups excluding carboxylic acids is 1. The van der Waals surface area contributed by atoms with Gasteiger partial charge in [0, 0.05) is 23.3 Å². The molecule has 2 aromatic heterocycles. The van der Waals surface area contributed by atoms with E-state index in [0.29, 0.717) is 29.2 Å². The smallest absolute Gasteiger partial charge is 0.247 e. The minimum Gasteiger partial charge on any atom is -0.419 e. The maximum atomic E-state index is 12.7. The molecule has 7 nitrogen and oxygen atoms in total. The van der Waals surface area contributed by atoms with E-state index in [0.717, 1.165) is 30.5 Å². The van der Waals surface area contributed by atoms with Gasteiger partial charge in [-0.2, -0.15) is 0 Å². The van der Waals surface area contributed by atoms with Crippen LogP contribution in [0.2, 0.25) is 5.02 Å². The molecule has 0 saturated carbocycles. The second-order valence-corrected chi connectivity index (χ2v) is 8.11. The van der Waals surface area contributed by atoms with Crippen molar-refractivity contribution in [2.45, 2.75) is 32.7 Å². The molecule has 0 unspecified atom stereocenters. The van der Waals surface area contributed by atoms with Crippen LogP contribution in [0.1, 0.15) is 37.3 Å². The van der Waals surface area contributed by atoms with Gasteiger partial charge in [-0.25, -0.2) is 4.98 Å². The molecule has 156 valence electrons. The molecule has 8 heteroatoms. The molecule has 1 amide bonds. The average molecular weight is 426 g/mol. The lowest BCUT2D eigenvalue weighted by atomic mass is 9.96. The number of amides is 1. The van der Waals surface area contributed by atoms with Crippen LogP contribution in [0, 0.1) is 12.8 Å². The third kappa shape index (κ3) is 4.68. The fourth-order valence-electron chi connectivity index (χ4n) is 3.64. The second kappa shape index (κ2) is 8.93. The number of benzene rings is 1. The van der Waals surface area contributed by atoms with Gasteiger partial charge in [0.15, 0.2) is 0 Å². The van der Waals surface area contributed by atoms with Crippen molar-refractivity contribution in [1.29, 1.82) is 0 Å². The average Bonchev–Trinajstić information content (AvgIpc) is 3.25. The predicted molar refractivity (Wildman–Crippen MR) is 115 cm³/mol. The van der Waals surface area contributed by atoms with E-state index in [4.69, 9.17) is 16.0 Å². The van der Waals surface area contributed by atoms with Crippen LogP contribution in [-0.2, 0) is 4.79 Å². The van der Waals surface area contributed by atoms with Crippen LogP contribution in [0.5, 0.6) is 0 Å². The van der Waals surface area contributed by atoms with Crippen molar-refractivity contribution < 1.29 is 9.21 Å². The van der Waals surface area contributed by atoms with E-state index in [9.17, 15) is 4.79 Å². The number of hydrogen-bond donors (Lipinski definition) is 1. The number of aryl methyl sites for hydroxylation is 1. The number of halogens is 1. The summed E-state index contributed by atoms with van der Waals surface area (Å²) >= 11 is 6.06. The lowest BCUT2D eigenvalue weighted by Crippen LogP contribution is -2.42. The summed E-state index contributed by atoms with van der Waals surface area (Å²) in [6.45, 7) is 5.50. The summed E-state index contributed by atoms with van der Waals surface area (Å²) in [5.41, 5.74) is 1.84. The monoisotopic (exact) mass is 425 g/mol. The number of carbonyl (C=O) groups is 1. The minimum absolute atomic E-state index is 0.00611. The molecule has 0 radical (unpaired) electrons. The Bertz CT molecular complexity index is 1020. The largest absolute Gasteiger partial charge is 0.419 e. The molecule has 3 heterocycles. The minimum atomic E-state index is -0.111. The Labute approximate surface area is 180 Å². The summed E-state index contributed by atoms with van der Waals surface area (Å²) in [5.74, 6) is 1.44. The number of nitrogens with zero attached hydrogens (tertiary/aromatic N) is 4. The van der Waals surface area contributed by atoms with Crippen molar-refractivity contribution in [3.63, 3.8) is 0 Å². The molecule has 1 aromatic carbocycles. The summed E-state index contributed by atoms with van der Waals surface area (Å²) in [4.78, 5) is 19.2. The number of pyridine rings is 1. The van der Waals surface area contributed by atoms with Crippen molar-refractivity contribution >= 4 is 23.3 Å². The number of likely N-dealkylation sites (tertiary alicyclic amines) is 1. The molecule has 1 saturated heterocycles.